The number of ether oxygens (including phenoxy) is 1. The minimum atomic E-state index is -0.226. The van der Waals surface area contributed by atoms with Gasteiger partial charge in [-0.15, -0.1) is 0 Å². The van der Waals surface area contributed by atoms with Crippen LogP contribution in [0, 0.1) is 6.92 Å². The number of carbonyl (C=O) groups excluding carboxylic acids is 1. The van der Waals surface area contributed by atoms with Crippen LogP contribution in [0.4, 0.5) is 0 Å². The molecule has 2 rings (SSSR count). The van der Waals surface area contributed by atoms with Crippen molar-refractivity contribution < 1.29 is 14.6 Å². The Bertz CT molecular complexity index is 419. The molecule has 72 valence electrons. The van der Waals surface area contributed by atoms with Crippen molar-refractivity contribution in [1.29, 1.82) is 0 Å². The molecule has 1 heterocycles. The number of rotatable bonds is 0. The fourth-order valence-electron chi connectivity index (χ4n) is 1.39. The second-order valence-corrected chi connectivity index (χ2v) is 3.28. The van der Waals surface area contributed by atoms with E-state index in [0.717, 1.165) is 5.56 Å². The first-order chi connectivity index (χ1) is 6.66. The SMILES string of the molecule is Cc1ccc2c(c1)C(O)=CC(=O)CO2. The van der Waals surface area contributed by atoms with Gasteiger partial charge in [0.25, 0.3) is 0 Å². The molecule has 0 atom stereocenters. The van der Waals surface area contributed by atoms with Crippen LogP contribution in [0.1, 0.15) is 11.1 Å². The normalized spacial score (nSPS) is 15.2. The molecule has 1 aromatic carbocycles. The van der Waals surface area contributed by atoms with Gasteiger partial charge in [-0.05, 0) is 19.1 Å². The first-order valence-corrected chi connectivity index (χ1v) is 4.34. The predicted molar refractivity (Wildman–Crippen MR) is 52.3 cm³/mol. The molecule has 1 N–H and O–H groups in total. The summed E-state index contributed by atoms with van der Waals surface area (Å²) in [5, 5.41) is 9.60. The summed E-state index contributed by atoms with van der Waals surface area (Å²) in [6, 6.07) is 5.43. The van der Waals surface area contributed by atoms with Gasteiger partial charge in [-0.2, -0.15) is 0 Å². The minimum Gasteiger partial charge on any atom is -0.507 e. The minimum absolute atomic E-state index is 0.0138. The van der Waals surface area contributed by atoms with E-state index in [4.69, 9.17) is 4.74 Å². The van der Waals surface area contributed by atoms with Crippen molar-refractivity contribution in [2.45, 2.75) is 6.92 Å². The molecule has 0 aliphatic carbocycles. The van der Waals surface area contributed by atoms with E-state index in [-0.39, 0.29) is 18.1 Å². The molecule has 0 spiro atoms. The predicted octanol–water partition coefficient (Wildman–Crippen LogP) is 1.86. The Morgan fingerprint density at radius 1 is 1.43 bits per heavy atom. The van der Waals surface area contributed by atoms with Gasteiger partial charge >= 0.3 is 0 Å². The Morgan fingerprint density at radius 3 is 3.00 bits per heavy atom. The topological polar surface area (TPSA) is 46.5 Å². The quantitative estimate of drug-likeness (QED) is 0.679. The third-order valence-corrected chi connectivity index (χ3v) is 2.08. The molecule has 1 aliphatic rings. The van der Waals surface area contributed by atoms with E-state index in [9.17, 15) is 9.90 Å². The summed E-state index contributed by atoms with van der Waals surface area (Å²) in [4.78, 5) is 11.1. The van der Waals surface area contributed by atoms with Gasteiger partial charge in [-0.25, -0.2) is 0 Å². The zero-order valence-corrected chi connectivity index (χ0v) is 7.78. The third kappa shape index (κ3) is 1.48. The third-order valence-electron chi connectivity index (χ3n) is 2.08. The van der Waals surface area contributed by atoms with E-state index in [1.807, 2.05) is 13.0 Å². The van der Waals surface area contributed by atoms with Crippen molar-refractivity contribution >= 4 is 11.5 Å². The lowest BCUT2D eigenvalue weighted by atomic mass is 10.1. The highest BCUT2D eigenvalue weighted by molar-refractivity contribution is 5.97. The molecule has 0 saturated heterocycles. The largest absolute Gasteiger partial charge is 0.507 e. The maximum absolute atomic E-state index is 11.1. The van der Waals surface area contributed by atoms with Crippen molar-refractivity contribution in [3.05, 3.63) is 35.4 Å². The lowest BCUT2D eigenvalue weighted by Crippen LogP contribution is -2.06. The van der Waals surface area contributed by atoms with Gasteiger partial charge in [0.1, 0.15) is 11.5 Å². The summed E-state index contributed by atoms with van der Waals surface area (Å²) in [5.41, 5.74) is 1.59. The molecule has 0 fully saturated rings. The number of benzene rings is 1. The van der Waals surface area contributed by atoms with Gasteiger partial charge in [0, 0.05) is 6.08 Å². The van der Waals surface area contributed by atoms with Gasteiger partial charge in [-0.1, -0.05) is 11.6 Å². The molecule has 1 aromatic rings. The van der Waals surface area contributed by atoms with Crippen LogP contribution in [-0.4, -0.2) is 17.5 Å². The monoisotopic (exact) mass is 190 g/mol. The first-order valence-electron chi connectivity index (χ1n) is 4.34. The highest BCUT2D eigenvalue weighted by Crippen LogP contribution is 2.27. The van der Waals surface area contributed by atoms with Gasteiger partial charge in [0.15, 0.2) is 12.4 Å². The lowest BCUT2D eigenvalue weighted by molar-refractivity contribution is -0.116. The lowest BCUT2D eigenvalue weighted by Gasteiger charge is -2.07. The Kier molecular flexibility index (Phi) is 2.00. The number of aryl methyl sites for hydroxylation is 1. The summed E-state index contributed by atoms with van der Waals surface area (Å²) in [6.07, 6.45) is 1.20. The van der Waals surface area contributed by atoms with E-state index < -0.39 is 0 Å². The van der Waals surface area contributed by atoms with Crippen LogP contribution in [0.3, 0.4) is 0 Å². The second-order valence-electron chi connectivity index (χ2n) is 3.28. The van der Waals surface area contributed by atoms with Crippen molar-refractivity contribution in [2.24, 2.45) is 0 Å². The van der Waals surface area contributed by atoms with Crippen molar-refractivity contribution in [2.75, 3.05) is 6.61 Å². The first kappa shape index (κ1) is 8.81. The zero-order chi connectivity index (χ0) is 10.1. The summed E-state index contributed by atoms with van der Waals surface area (Å²) in [6.45, 7) is 1.90. The number of ketones is 1. The van der Waals surface area contributed by atoms with E-state index in [1.54, 1.807) is 12.1 Å². The van der Waals surface area contributed by atoms with E-state index in [2.05, 4.69) is 0 Å². The zero-order valence-electron chi connectivity index (χ0n) is 7.78. The van der Waals surface area contributed by atoms with Crippen LogP contribution in [0.15, 0.2) is 24.3 Å². The average molecular weight is 190 g/mol. The summed E-state index contributed by atoms with van der Waals surface area (Å²) in [7, 11) is 0. The Labute approximate surface area is 81.6 Å². The summed E-state index contributed by atoms with van der Waals surface area (Å²) >= 11 is 0. The number of carbonyl (C=O) groups is 1. The van der Waals surface area contributed by atoms with E-state index in [1.165, 1.54) is 6.08 Å². The molecule has 0 aromatic heterocycles. The van der Waals surface area contributed by atoms with Crippen LogP contribution >= 0.6 is 0 Å². The fourth-order valence-corrected chi connectivity index (χ4v) is 1.39. The summed E-state index contributed by atoms with van der Waals surface area (Å²) < 4.78 is 5.22. The molecule has 1 aliphatic heterocycles. The van der Waals surface area contributed by atoms with Gasteiger partial charge < -0.3 is 9.84 Å². The van der Waals surface area contributed by atoms with Crippen LogP contribution in [0.25, 0.3) is 5.76 Å². The molecule has 14 heavy (non-hydrogen) atoms. The molecular formula is C11H10O3. The maximum Gasteiger partial charge on any atom is 0.196 e. The van der Waals surface area contributed by atoms with Crippen molar-refractivity contribution in [3.8, 4) is 5.75 Å². The molecule has 0 unspecified atom stereocenters. The van der Waals surface area contributed by atoms with E-state index >= 15 is 0 Å². The smallest absolute Gasteiger partial charge is 0.196 e. The molecule has 0 amide bonds. The molecule has 3 heteroatoms. The van der Waals surface area contributed by atoms with Gasteiger partial charge in [0.05, 0.1) is 5.56 Å². The molecule has 0 bridgehead atoms. The number of hydrogen-bond acceptors (Lipinski definition) is 3. The van der Waals surface area contributed by atoms with Crippen molar-refractivity contribution in [3.63, 3.8) is 0 Å². The highest BCUT2D eigenvalue weighted by atomic mass is 16.5. The van der Waals surface area contributed by atoms with Crippen LogP contribution in [0.2, 0.25) is 0 Å². The number of aliphatic hydroxyl groups is 1. The van der Waals surface area contributed by atoms with Crippen LogP contribution in [0.5, 0.6) is 5.75 Å². The van der Waals surface area contributed by atoms with Gasteiger partial charge in [0.2, 0.25) is 0 Å². The average Bonchev–Trinajstić information content (AvgIpc) is 2.27. The van der Waals surface area contributed by atoms with Gasteiger partial charge in [-0.3, -0.25) is 4.79 Å². The standard InChI is InChI=1S/C11H10O3/c1-7-2-3-11-9(4-7)10(13)5-8(12)6-14-11/h2-5,13H,6H2,1H3. The number of hydrogen-bond donors (Lipinski definition) is 1. The molecular weight excluding hydrogens is 180 g/mol. The van der Waals surface area contributed by atoms with Crippen LogP contribution < -0.4 is 4.74 Å². The second kappa shape index (κ2) is 3.18. The van der Waals surface area contributed by atoms with E-state index in [0.29, 0.717) is 11.3 Å². The maximum atomic E-state index is 11.1. The Morgan fingerprint density at radius 2 is 2.21 bits per heavy atom. The summed E-state index contributed by atoms with van der Waals surface area (Å²) in [5.74, 6) is 0.303. The number of fused-ring (bicyclic) bond motifs is 1. The molecule has 0 radical (unpaired) electrons. The Hall–Kier alpha value is -1.77. The molecule has 0 saturated carbocycles. The van der Waals surface area contributed by atoms with Crippen LogP contribution in [-0.2, 0) is 4.79 Å². The fraction of sp³-hybridized carbons (Fsp3) is 0.182. The highest BCUT2D eigenvalue weighted by Gasteiger charge is 2.15. The number of aliphatic hydroxyl groups excluding tert-OH is 1. The van der Waals surface area contributed by atoms with Crippen molar-refractivity contribution in [1.82, 2.24) is 0 Å². The molecule has 3 nitrogen and oxygen atoms in total. The Balaban J connectivity index is 2.56.